The van der Waals surface area contributed by atoms with Gasteiger partial charge in [0.05, 0.1) is 15.5 Å². The summed E-state index contributed by atoms with van der Waals surface area (Å²) in [5.41, 5.74) is -0.0164. The van der Waals surface area contributed by atoms with Gasteiger partial charge in [0.2, 0.25) is 0 Å². The highest BCUT2D eigenvalue weighted by atomic mass is 16.6. The number of hydrogen-bond donors (Lipinski definition) is 2. The van der Waals surface area contributed by atoms with E-state index >= 15 is 0 Å². The van der Waals surface area contributed by atoms with Crippen molar-refractivity contribution < 1.29 is 28.9 Å². The molecule has 0 saturated heterocycles. The molecule has 3 aromatic rings. The maximum atomic E-state index is 12.3. The molecule has 0 unspecified atom stereocenters. The number of furan rings is 1. The number of rotatable bonds is 7. The van der Waals surface area contributed by atoms with Crippen LogP contribution in [-0.2, 0) is 6.61 Å². The first-order valence-electron chi connectivity index (χ1n) is 8.50. The topological polar surface area (TPSA) is 158 Å². The van der Waals surface area contributed by atoms with Gasteiger partial charge in [0.25, 0.3) is 17.3 Å². The van der Waals surface area contributed by atoms with Crippen LogP contribution >= 0.6 is 0 Å². The van der Waals surface area contributed by atoms with E-state index in [1.807, 2.05) is 0 Å². The van der Waals surface area contributed by atoms with Crippen LogP contribution in [0.15, 0.2) is 52.9 Å². The number of amides is 1. The summed E-state index contributed by atoms with van der Waals surface area (Å²) >= 11 is 0. The van der Waals surface area contributed by atoms with Crippen molar-refractivity contribution in [3.63, 3.8) is 0 Å². The van der Waals surface area contributed by atoms with Gasteiger partial charge in [-0.15, -0.1) is 0 Å². The number of non-ortho nitro benzene ring substituents is 1. The van der Waals surface area contributed by atoms with Gasteiger partial charge in [0.1, 0.15) is 23.9 Å². The number of carbonyl (C=O) groups is 1. The van der Waals surface area contributed by atoms with Crippen LogP contribution in [0.25, 0.3) is 0 Å². The molecule has 0 saturated carbocycles. The first kappa shape index (κ1) is 20.3. The molecule has 1 heterocycles. The van der Waals surface area contributed by atoms with Gasteiger partial charge in [-0.05, 0) is 37.3 Å². The van der Waals surface area contributed by atoms with Gasteiger partial charge < -0.3 is 19.6 Å². The molecular weight excluding hydrogens is 398 g/mol. The number of carbonyl (C=O) groups excluding carboxylic acids is 1. The molecule has 3 rings (SSSR count). The smallest absolute Gasteiger partial charge is 0.291 e. The zero-order chi connectivity index (χ0) is 21.8. The third-order valence-corrected chi connectivity index (χ3v) is 4.07. The SMILES string of the molecule is Cc1cc(OCc2ccc(C(=O)Nc3cc([N+](=O)[O-])ccc3O)o2)ccc1[N+](=O)[O-]. The molecule has 0 bridgehead atoms. The number of aryl methyl sites for hydroxylation is 1. The van der Waals surface area contributed by atoms with E-state index in [2.05, 4.69) is 5.32 Å². The van der Waals surface area contributed by atoms with Crippen LogP contribution in [0.2, 0.25) is 0 Å². The van der Waals surface area contributed by atoms with Crippen molar-refractivity contribution in [1.82, 2.24) is 0 Å². The summed E-state index contributed by atoms with van der Waals surface area (Å²) in [6, 6.07) is 10.4. The molecule has 0 fully saturated rings. The molecule has 11 nitrogen and oxygen atoms in total. The third kappa shape index (κ3) is 4.52. The van der Waals surface area contributed by atoms with Gasteiger partial charge >= 0.3 is 0 Å². The third-order valence-electron chi connectivity index (χ3n) is 4.07. The average Bonchev–Trinajstić information content (AvgIpc) is 3.17. The largest absolute Gasteiger partial charge is 0.506 e. The van der Waals surface area contributed by atoms with E-state index in [4.69, 9.17) is 9.15 Å². The summed E-state index contributed by atoms with van der Waals surface area (Å²) in [5.74, 6) is -0.457. The summed E-state index contributed by atoms with van der Waals surface area (Å²) in [6.07, 6.45) is 0. The number of hydrogen-bond acceptors (Lipinski definition) is 8. The molecule has 0 atom stereocenters. The Morgan fingerprint density at radius 2 is 1.87 bits per heavy atom. The van der Waals surface area contributed by atoms with Gasteiger partial charge in [-0.3, -0.25) is 25.0 Å². The van der Waals surface area contributed by atoms with Gasteiger partial charge in [0, 0.05) is 23.8 Å². The Balaban J connectivity index is 1.65. The van der Waals surface area contributed by atoms with Crippen LogP contribution in [0, 0.1) is 27.2 Å². The lowest BCUT2D eigenvalue weighted by Gasteiger charge is -2.06. The fraction of sp³-hybridized carbons (Fsp3) is 0.105. The van der Waals surface area contributed by atoms with Gasteiger partial charge in [0.15, 0.2) is 5.76 Å². The van der Waals surface area contributed by atoms with E-state index < -0.39 is 15.8 Å². The van der Waals surface area contributed by atoms with Crippen LogP contribution in [-0.4, -0.2) is 20.9 Å². The van der Waals surface area contributed by atoms with Crippen LogP contribution in [0.4, 0.5) is 17.1 Å². The lowest BCUT2D eigenvalue weighted by Crippen LogP contribution is -2.11. The highest BCUT2D eigenvalue weighted by molar-refractivity contribution is 6.03. The summed E-state index contributed by atoms with van der Waals surface area (Å²) in [4.78, 5) is 32.8. The summed E-state index contributed by atoms with van der Waals surface area (Å²) in [7, 11) is 0. The fourth-order valence-electron chi connectivity index (χ4n) is 2.58. The molecule has 154 valence electrons. The van der Waals surface area contributed by atoms with Gasteiger partial charge in [-0.25, -0.2) is 0 Å². The number of ether oxygens (including phenoxy) is 1. The zero-order valence-corrected chi connectivity index (χ0v) is 15.5. The first-order valence-corrected chi connectivity index (χ1v) is 8.50. The highest BCUT2D eigenvalue weighted by Crippen LogP contribution is 2.28. The number of phenolic OH excluding ortho intramolecular Hbond substituents is 1. The van der Waals surface area contributed by atoms with Crippen molar-refractivity contribution in [2.45, 2.75) is 13.5 Å². The average molecular weight is 413 g/mol. The summed E-state index contributed by atoms with van der Waals surface area (Å²) in [5, 5.41) is 33.8. The molecular formula is C19H15N3O8. The number of nitrogens with one attached hydrogen (secondary N) is 1. The number of nitro benzene ring substituents is 2. The normalized spacial score (nSPS) is 10.4. The predicted octanol–water partition coefficient (Wildman–Crippen LogP) is 3.94. The minimum Gasteiger partial charge on any atom is -0.506 e. The van der Waals surface area contributed by atoms with E-state index in [1.165, 1.54) is 30.3 Å². The van der Waals surface area contributed by atoms with Gasteiger partial charge in [-0.2, -0.15) is 0 Å². The first-order chi connectivity index (χ1) is 14.2. The van der Waals surface area contributed by atoms with E-state index in [0.29, 0.717) is 17.1 Å². The van der Waals surface area contributed by atoms with Crippen molar-refractivity contribution >= 4 is 23.0 Å². The standard InChI is InChI=1S/C19H15N3O8/c1-11-8-13(3-5-16(11)22(27)28)29-10-14-4-7-18(30-14)19(24)20-15-9-12(21(25)26)2-6-17(15)23/h2-9,23H,10H2,1H3,(H,20,24). The van der Waals surface area contributed by atoms with Gasteiger partial charge in [-0.1, -0.05) is 0 Å². The molecule has 0 radical (unpaired) electrons. The quantitative estimate of drug-likeness (QED) is 0.335. The number of benzene rings is 2. The summed E-state index contributed by atoms with van der Waals surface area (Å²) < 4.78 is 10.9. The molecule has 30 heavy (non-hydrogen) atoms. The number of aromatic hydroxyl groups is 1. The molecule has 11 heteroatoms. The Morgan fingerprint density at radius 3 is 2.53 bits per heavy atom. The summed E-state index contributed by atoms with van der Waals surface area (Å²) in [6.45, 7) is 1.55. The molecule has 1 aromatic heterocycles. The molecule has 0 aliphatic rings. The molecule has 0 spiro atoms. The molecule has 1 amide bonds. The molecule has 2 N–H and O–H groups in total. The number of nitro groups is 2. The van der Waals surface area contributed by atoms with Crippen LogP contribution < -0.4 is 10.1 Å². The second-order valence-electron chi connectivity index (χ2n) is 6.17. The Bertz CT molecular complexity index is 1140. The van der Waals surface area contributed by atoms with Crippen molar-refractivity contribution in [1.29, 1.82) is 0 Å². The van der Waals surface area contributed by atoms with E-state index in [9.17, 15) is 30.1 Å². The van der Waals surface area contributed by atoms with Crippen LogP contribution in [0.3, 0.4) is 0 Å². The Kier molecular flexibility index (Phi) is 5.63. The van der Waals surface area contributed by atoms with Crippen molar-refractivity contribution in [3.8, 4) is 11.5 Å². The number of nitrogens with zero attached hydrogens (tertiary/aromatic N) is 2. The Hall–Kier alpha value is -4.41. The van der Waals surface area contributed by atoms with Crippen LogP contribution in [0.5, 0.6) is 11.5 Å². The van der Waals surface area contributed by atoms with Crippen molar-refractivity contribution in [2.24, 2.45) is 0 Å². The number of anilines is 1. The predicted molar refractivity (Wildman–Crippen MR) is 104 cm³/mol. The lowest BCUT2D eigenvalue weighted by atomic mass is 10.2. The monoisotopic (exact) mass is 413 g/mol. The minimum absolute atomic E-state index is 0.0243. The Morgan fingerprint density at radius 1 is 1.10 bits per heavy atom. The number of phenols is 1. The second-order valence-corrected chi connectivity index (χ2v) is 6.17. The molecule has 2 aromatic carbocycles. The Labute approximate surface area is 168 Å². The molecule has 0 aliphatic carbocycles. The minimum atomic E-state index is -0.719. The van der Waals surface area contributed by atoms with E-state index in [-0.39, 0.29) is 35.2 Å². The van der Waals surface area contributed by atoms with Crippen LogP contribution in [0.1, 0.15) is 21.9 Å². The van der Waals surface area contributed by atoms with E-state index in [1.54, 1.807) is 6.92 Å². The maximum absolute atomic E-state index is 12.3. The maximum Gasteiger partial charge on any atom is 0.291 e. The fourth-order valence-corrected chi connectivity index (χ4v) is 2.58. The molecule has 0 aliphatic heterocycles. The second kappa shape index (κ2) is 8.31. The zero-order valence-electron chi connectivity index (χ0n) is 15.5. The van der Waals surface area contributed by atoms with Crippen molar-refractivity contribution in [3.05, 3.63) is 85.8 Å². The lowest BCUT2D eigenvalue weighted by molar-refractivity contribution is -0.385. The van der Waals surface area contributed by atoms with E-state index in [0.717, 1.165) is 18.2 Å². The van der Waals surface area contributed by atoms with Crippen molar-refractivity contribution in [2.75, 3.05) is 5.32 Å². The highest BCUT2D eigenvalue weighted by Gasteiger charge is 2.17.